The molecule has 1 nitrogen and oxygen atoms in total. The highest BCUT2D eigenvalue weighted by Crippen LogP contribution is 2.39. The van der Waals surface area contributed by atoms with Crippen molar-refractivity contribution in [3.63, 3.8) is 0 Å². The third-order valence-corrected chi connectivity index (χ3v) is 3.28. The summed E-state index contributed by atoms with van der Waals surface area (Å²) >= 11 is 0.0439. The summed E-state index contributed by atoms with van der Waals surface area (Å²) in [6.07, 6.45) is 2.40. The maximum Gasteiger partial charge on any atom is 0.441 e. The highest BCUT2D eigenvalue weighted by atomic mass is 32.2. The molecule has 1 N–H and O–H groups in total. The van der Waals surface area contributed by atoms with Crippen LogP contribution >= 0.6 is 11.8 Å². The lowest BCUT2D eigenvalue weighted by atomic mass is 9.99. The molecule has 1 saturated carbocycles. The zero-order valence-corrected chi connectivity index (χ0v) is 9.26. The molecular weight excluding hydrogens is 211 g/mol. The lowest BCUT2D eigenvalue weighted by Gasteiger charge is -2.26. The molecule has 84 valence electrons. The Morgan fingerprint density at radius 2 is 1.86 bits per heavy atom. The van der Waals surface area contributed by atoms with E-state index < -0.39 is 5.51 Å². The molecule has 1 fully saturated rings. The van der Waals surface area contributed by atoms with Crippen molar-refractivity contribution in [2.75, 3.05) is 12.3 Å². The lowest BCUT2D eigenvalue weighted by Crippen LogP contribution is -2.42. The molecule has 0 unspecified atom stereocenters. The lowest BCUT2D eigenvalue weighted by molar-refractivity contribution is -0.0327. The summed E-state index contributed by atoms with van der Waals surface area (Å²) < 4.78 is 35.3. The van der Waals surface area contributed by atoms with E-state index in [4.69, 9.17) is 0 Å². The first-order chi connectivity index (χ1) is 6.31. The molecule has 1 rings (SSSR count). The molecule has 0 aromatic rings. The monoisotopic (exact) mass is 227 g/mol. The Morgan fingerprint density at radius 1 is 1.29 bits per heavy atom. The van der Waals surface area contributed by atoms with Gasteiger partial charge in [-0.2, -0.15) is 13.2 Å². The zero-order chi connectivity index (χ0) is 10.8. The maximum atomic E-state index is 11.8. The number of nitrogens with one attached hydrogen (secondary N) is 1. The summed E-state index contributed by atoms with van der Waals surface area (Å²) in [5.74, 6) is 0.748. The standard InChI is InChI=1S/C9H16F3NS/c1-8(2,7-3-4-7)13-5-6-14-9(10,11)12/h7,13H,3-6H2,1-2H3. The molecule has 0 bridgehead atoms. The van der Waals surface area contributed by atoms with E-state index in [2.05, 4.69) is 19.2 Å². The third kappa shape index (κ3) is 4.55. The minimum absolute atomic E-state index is 0.00611. The van der Waals surface area contributed by atoms with Gasteiger partial charge in [-0.3, -0.25) is 0 Å². The Hall–Kier alpha value is 0.100. The first kappa shape index (κ1) is 12.2. The second-order valence-corrected chi connectivity index (χ2v) is 5.38. The van der Waals surface area contributed by atoms with E-state index in [1.807, 2.05) is 0 Å². The van der Waals surface area contributed by atoms with Crippen molar-refractivity contribution in [2.24, 2.45) is 5.92 Å². The molecule has 0 saturated heterocycles. The zero-order valence-electron chi connectivity index (χ0n) is 8.45. The van der Waals surface area contributed by atoms with Crippen molar-refractivity contribution < 1.29 is 13.2 Å². The molecule has 0 aromatic carbocycles. The SMILES string of the molecule is CC(C)(NCCSC(F)(F)F)C1CC1. The van der Waals surface area contributed by atoms with Crippen LogP contribution in [0.4, 0.5) is 13.2 Å². The molecule has 0 spiro atoms. The highest BCUT2D eigenvalue weighted by Gasteiger charge is 2.37. The largest absolute Gasteiger partial charge is 0.441 e. The van der Waals surface area contributed by atoms with Gasteiger partial charge in [0.1, 0.15) is 0 Å². The number of halogens is 3. The van der Waals surface area contributed by atoms with Crippen LogP contribution in [0.2, 0.25) is 0 Å². The van der Waals surface area contributed by atoms with Crippen molar-refractivity contribution in [3.05, 3.63) is 0 Å². The quantitative estimate of drug-likeness (QED) is 0.725. The van der Waals surface area contributed by atoms with Gasteiger partial charge in [0.15, 0.2) is 0 Å². The molecule has 5 heteroatoms. The van der Waals surface area contributed by atoms with E-state index in [9.17, 15) is 13.2 Å². The van der Waals surface area contributed by atoms with Crippen molar-refractivity contribution in [2.45, 2.75) is 37.7 Å². The van der Waals surface area contributed by atoms with Gasteiger partial charge in [-0.15, -0.1) is 0 Å². The molecule has 0 aromatic heterocycles. The minimum Gasteiger partial charge on any atom is -0.311 e. The molecule has 1 aliphatic carbocycles. The van der Waals surface area contributed by atoms with E-state index in [0.29, 0.717) is 12.5 Å². The summed E-state index contributed by atoms with van der Waals surface area (Å²) in [7, 11) is 0. The van der Waals surface area contributed by atoms with Crippen LogP contribution < -0.4 is 5.32 Å². The Kier molecular flexibility index (Phi) is 3.75. The van der Waals surface area contributed by atoms with Gasteiger partial charge in [0.25, 0.3) is 0 Å². The Labute approximate surface area is 86.8 Å². The fourth-order valence-electron chi connectivity index (χ4n) is 1.49. The van der Waals surface area contributed by atoms with E-state index in [1.165, 1.54) is 12.8 Å². The number of alkyl halides is 3. The second kappa shape index (κ2) is 4.31. The molecule has 1 aliphatic rings. The first-order valence-corrected chi connectivity index (χ1v) is 5.75. The normalized spacial score (nSPS) is 18.6. The van der Waals surface area contributed by atoms with Gasteiger partial charge in [0, 0.05) is 17.8 Å². The molecule has 0 aliphatic heterocycles. The summed E-state index contributed by atoms with van der Waals surface area (Å²) in [6, 6.07) is 0. The fourth-order valence-corrected chi connectivity index (χ4v) is 1.92. The number of hydrogen-bond acceptors (Lipinski definition) is 2. The van der Waals surface area contributed by atoms with Gasteiger partial charge in [0.2, 0.25) is 0 Å². The number of rotatable bonds is 5. The molecule has 14 heavy (non-hydrogen) atoms. The Balaban J connectivity index is 2.09. The van der Waals surface area contributed by atoms with E-state index in [1.54, 1.807) is 0 Å². The second-order valence-electron chi connectivity index (χ2n) is 4.22. The molecule has 0 amide bonds. The van der Waals surface area contributed by atoms with Crippen LogP contribution in [0, 0.1) is 5.92 Å². The molecule has 0 atom stereocenters. The van der Waals surface area contributed by atoms with Crippen LogP contribution in [-0.4, -0.2) is 23.3 Å². The average molecular weight is 227 g/mol. The topological polar surface area (TPSA) is 12.0 Å². The third-order valence-electron chi connectivity index (χ3n) is 2.55. The predicted molar refractivity (Wildman–Crippen MR) is 53.3 cm³/mol. The minimum atomic E-state index is -4.09. The van der Waals surface area contributed by atoms with Crippen molar-refractivity contribution in [1.29, 1.82) is 0 Å². The van der Waals surface area contributed by atoms with Crippen LogP contribution in [-0.2, 0) is 0 Å². The van der Waals surface area contributed by atoms with E-state index in [-0.39, 0.29) is 23.1 Å². The molecular formula is C9H16F3NS. The smallest absolute Gasteiger partial charge is 0.311 e. The number of hydrogen-bond donors (Lipinski definition) is 1. The first-order valence-electron chi connectivity index (χ1n) is 4.77. The Morgan fingerprint density at radius 3 is 2.29 bits per heavy atom. The van der Waals surface area contributed by atoms with Crippen LogP contribution in [0.3, 0.4) is 0 Å². The van der Waals surface area contributed by atoms with Crippen LogP contribution in [0.5, 0.6) is 0 Å². The highest BCUT2D eigenvalue weighted by molar-refractivity contribution is 8.00. The van der Waals surface area contributed by atoms with Gasteiger partial charge in [-0.05, 0) is 44.4 Å². The van der Waals surface area contributed by atoms with Crippen molar-refractivity contribution >= 4 is 11.8 Å². The summed E-state index contributed by atoms with van der Waals surface area (Å²) in [5, 5.41) is 3.17. The summed E-state index contributed by atoms with van der Waals surface area (Å²) in [6.45, 7) is 4.54. The van der Waals surface area contributed by atoms with Crippen molar-refractivity contribution in [1.82, 2.24) is 5.32 Å². The van der Waals surface area contributed by atoms with Gasteiger partial charge in [0.05, 0.1) is 0 Å². The molecule has 0 radical (unpaired) electrons. The molecule has 0 heterocycles. The average Bonchev–Trinajstić information content (AvgIpc) is 2.78. The van der Waals surface area contributed by atoms with Gasteiger partial charge >= 0.3 is 5.51 Å². The predicted octanol–water partition coefficient (Wildman–Crippen LogP) is 3.02. The fraction of sp³-hybridized carbons (Fsp3) is 1.00. The van der Waals surface area contributed by atoms with E-state index >= 15 is 0 Å². The van der Waals surface area contributed by atoms with Crippen LogP contribution in [0.25, 0.3) is 0 Å². The van der Waals surface area contributed by atoms with Gasteiger partial charge < -0.3 is 5.32 Å². The Bertz CT molecular complexity index is 187. The van der Waals surface area contributed by atoms with Gasteiger partial charge in [-0.25, -0.2) is 0 Å². The van der Waals surface area contributed by atoms with Crippen LogP contribution in [0.15, 0.2) is 0 Å². The number of thioether (sulfide) groups is 1. The summed E-state index contributed by atoms with van der Waals surface area (Å²) in [4.78, 5) is 0. The van der Waals surface area contributed by atoms with Gasteiger partial charge in [-0.1, -0.05) is 0 Å². The summed E-state index contributed by atoms with van der Waals surface area (Å²) in [5.41, 5.74) is -4.09. The van der Waals surface area contributed by atoms with Crippen LogP contribution in [0.1, 0.15) is 26.7 Å². The maximum absolute atomic E-state index is 11.8. The van der Waals surface area contributed by atoms with E-state index in [0.717, 1.165) is 0 Å². The van der Waals surface area contributed by atoms with Crippen molar-refractivity contribution in [3.8, 4) is 0 Å².